The molecule has 144 valence electrons. The van der Waals surface area contributed by atoms with E-state index in [1.165, 1.54) is 0 Å². The van der Waals surface area contributed by atoms with E-state index in [0.29, 0.717) is 17.9 Å². The van der Waals surface area contributed by atoms with Gasteiger partial charge in [0, 0.05) is 13.1 Å². The Kier molecular flexibility index (Phi) is 9.09. The molecule has 0 fully saturated rings. The van der Waals surface area contributed by atoms with Gasteiger partial charge in [-0.25, -0.2) is 4.68 Å². The van der Waals surface area contributed by atoms with Crippen LogP contribution in [0.15, 0.2) is 24.3 Å². The van der Waals surface area contributed by atoms with E-state index in [1.807, 2.05) is 45.0 Å². The third kappa shape index (κ3) is 6.00. The van der Waals surface area contributed by atoms with Crippen molar-refractivity contribution in [2.24, 2.45) is 0 Å². The summed E-state index contributed by atoms with van der Waals surface area (Å²) in [5.41, 5.74) is 1.89. The van der Waals surface area contributed by atoms with Gasteiger partial charge in [0.15, 0.2) is 5.69 Å². The molecule has 0 saturated carbocycles. The largest absolute Gasteiger partial charge is 0.491 e. The molecule has 8 heteroatoms. The highest BCUT2D eigenvalue weighted by atomic mass is 35.5. The first-order valence-electron chi connectivity index (χ1n) is 8.71. The Hall–Kier alpha value is -2.12. The van der Waals surface area contributed by atoms with Crippen molar-refractivity contribution in [1.82, 2.24) is 25.6 Å². The second kappa shape index (κ2) is 10.8. The molecule has 0 atom stereocenters. The minimum atomic E-state index is -0.207. The molecule has 0 bridgehead atoms. The summed E-state index contributed by atoms with van der Waals surface area (Å²) in [5.74, 6) is 0.593. The lowest BCUT2D eigenvalue weighted by molar-refractivity contribution is 0.0948. The highest BCUT2D eigenvalue weighted by molar-refractivity contribution is 5.93. The van der Waals surface area contributed by atoms with Crippen molar-refractivity contribution < 1.29 is 9.53 Å². The van der Waals surface area contributed by atoms with E-state index in [2.05, 4.69) is 27.9 Å². The molecule has 2 N–H and O–H groups in total. The summed E-state index contributed by atoms with van der Waals surface area (Å²) >= 11 is 0. The molecule has 0 aliphatic carbocycles. The van der Waals surface area contributed by atoms with Crippen molar-refractivity contribution in [3.8, 4) is 11.4 Å². The number of aromatic nitrogens is 3. The Morgan fingerprint density at radius 1 is 1.19 bits per heavy atom. The van der Waals surface area contributed by atoms with Crippen LogP contribution < -0.4 is 15.4 Å². The van der Waals surface area contributed by atoms with Crippen LogP contribution in [0.3, 0.4) is 0 Å². The van der Waals surface area contributed by atoms with Gasteiger partial charge in [0.1, 0.15) is 5.75 Å². The molecule has 2 rings (SSSR count). The van der Waals surface area contributed by atoms with Crippen LogP contribution in [0.2, 0.25) is 0 Å². The first-order valence-corrected chi connectivity index (χ1v) is 8.71. The van der Waals surface area contributed by atoms with Gasteiger partial charge in [-0.1, -0.05) is 12.1 Å². The van der Waals surface area contributed by atoms with Crippen molar-refractivity contribution in [3.63, 3.8) is 0 Å². The lowest BCUT2D eigenvalue weighted by Crippen LogP contribution is -2.32. The molecule has 26 heavy (non-hydrogen) atoms. The molecule has 1 aromatic carbocycles. The van der Waals surface area contributed by atoms with Gasteiger partial charge in [0.2, 0.25) is 0 Å². The van der Waals surface area contributed by atoms with E-state index >= 15 is 0 Å². The second-order valence-corrected chi connectivity index (χ2v) is 6.10. The Bertz CT molecular complexity index is 685. The van der Waals surface area contributed by atoms with E-state index in [-0.39, 0.29) is 24.4 Å². The molecule has 0 aliphatic heterocycles. The van der Waals surface area contributed by atoms with Crippen LogP contribution in [0.4, 0.5) is 0 Å². The third-order valence-corrected chi connectivity index (χ3v) is 3.58. The summed E-state index contributed by atoms with van der Waals surface area (Å²) in [6.07, 6.45) is 1.20. The van der Waals surface area contributed by atoms with Crippen LogP contribution in [0.5, 0.6) is 5.75 Å². The van der Waals surface area contributed by atoms with Gasteiger partial charge in [-0.15, -0.1) is 17.5 Å². The molecule has 0 unspecified atom stereocenters. The number of halogens is 1. The van der Waals surface area contributed by atoms with Crippen molar-refractivity contribution in [1.29, 1.82) is 0 Å². The first-order chi connectivity index (χ1) is 12.0. The number of rotatable bonds is 9. The van der Waals surface area contributed by atoms with E-state index in [0.717, 1.165) is 30.9 Å². The van der Waals surface area contributed by atoms with Crippen molar-refractivity contribution >= 4 is 18.3 Å². The average Bonchev–Trinajstić information content (AvgIpc) is 2.96. The molecular formula is C18H28ClN5O2. The van der Waals surface area contributed by atoms with Crippen LogP contribution >= 0.6 is 12.4 Å². The monoisotopic (exact) mass is 381 g/mol. The fourth-order valence-corrected chi connectivity index (χ4v) is 2.37. The Morgan fingerprint density at radius 2 is 1.88 bits per heavy atom. The smallest absolute Gasteiger partial charge is 0.273 e. The Labute approximate surface area is 160 Å². The fraction of sp³-hybridized carbons (Fsp3) is 0.500. The summed E-state index contributed by atoms with van der Waals surface area (Å²) in [7, 11) is 0. The summed E-state index contributed by atoms with van der Waals surface area (Å²) < 4.78 is 7.29. The van der Waals surface area contributed by atoms with Gasteiger partial charge in [0.25, 0.3) is 5.91 Å². The van der Waals surface area contributed by atoms with Crippen LogP contribution in [0.1, 0.15) is 43.4 Å². The molecule has 1 aromatic heterocycles. The van der Waals surface area contributed by atoms with Crippen molar-refractivity contribution in [2.45, 2.75) is 40.2 Å². The normalized spacial score (nSPS) is 10.5. The third-order valence-electron chi connectivity index (χ3n) is 3.58. The molecule has 1 heterocycles. The lowest BCUT2D eigenvalue weighted by Gasteiger charge is -2.10. The van der Waals surface area contributed by atoms with Crippen molar-refractivity contribution in [2.75, 3.05) is 19.6 Å². The summed E-state index contributed by atoms with van der Waals surface area (Å²) in [4.78, 5) is 12.2. The zero-order chi connectivity index (χ0) is 18.2. The minimum Gasteiger partial charge on any atom is -0.491 e. The minimum absolute atomic E-state index is 0. The fourth-order valence-electron chi connectivity index (χ4n) is 2.37. The predicted octanol–water partition coefficient (Wildman–Crippen LogP) is 2.51. The molecule has 0 aliphatic rings. The SMILES string of the molecule is CCCNCCNC(=O)c1nnn(-c2ccc(OC(C)C)cc2)c1C.Cl. The van der Waals surface area contributed by atoms with E-state index in [9.17, 15) is 4.79 Å². The summed E-state index contributed by atoms with van der Waals surface area (Å²) in [6.45, 7) is 10.2. The molecule has 2 aromatic rings. The van der Waals surface area contributed by atoms with Crippen LogP contribution in [-0.2, 0) is 0 Å². The number of amides is 1. The summed E-state index contributed by atoms with van der Waals surface area (Å²) in [5, 5.41) is 14.2. The van der Waals surface area contributed by atoms with Crippen LogP contribution in [0.25, 0.3) is 5.69 Å². The lowest BCUT2D eigenvalue weighted by atomic mass is 10.2. The average molecular weight is 382 g/mol. The molecule has 0 radical (unpaired) electrons. The molecule has 7 nitrogen and oxygen atoms in total. The standard InChI is InChI=1S/C18H27N5O2.ClH/c1-5-10-19-11-12-20-18(24)17-14(4)23(22-21-17)15-6-8-16(9-7-15)25-13(2)3;/h6-9,13,19H,5,10-12H2,1-4H3,(H,20,24);1H. The number of benzene rings is 1. The maximum Gasteiger partial charge on any atom is 0.273 e. The van der Waals surface area contributed by atoms with E-state index < -0.39 is 0 Å². The highest BCUT2D eigenvalue weighted by Crippen LogP contribution is 2.18. The first kappa shape index (κ1) is 21.9. The van der Waals surface area contributed by atoms with E-state index in [1.54, 1.807) is 4.68 Å². The number of hydrogen-bond donors (Lipinski definition) is 2. The molecule has 0 spiro atoms. The van der Waals surface area contributed by atoms with Gasteiger partial charge in [-0.3, -0.25) is 4.79 Å². The molecule has 0 saturated heterocycles. The number of hydrogen-bond acceptors (Lipinski definition) is 5. The quantitative estimate of drug-likeness (QED) is 0.652. The van der Waals surface area contributed by atoms with Gasteiger partial charge in [-0.2, -0.15) is 0 Å². The summed E-state index contributed by atoms with van der Waals surface area (Å²) in [6, 6.07) is 7.57. The Morgan fingerprint density at radius 3 is 2.50 bits per heavy atom. The zero-order valence-electron chi connectivity index (χ0n) is 15.8. The van der Waals surface area contributed by atoms with Crippen LogP contribution in [-0.4, -0.2) is 46.6 Å². The topological polar surface area (TPSA) is 81.1 Å². The van der Waals surface area contributed by atoms with Gasteiger partial charge in [0.05, 0.1) is 17.5 Å². The molecule has 1 amide bonds. The molecular weight excluding hydrogens is 354 g/mol. The predicted molar refractivity (Wildman–Crippen MR) is 105 cm³/mol. The number of carbonyl (C=O) groups excluding carboxylic acids is 1. The number of nitrogens with zero attached hydrogens (tertiary/aromatic N) is 3. The van der Waals surface area contributed by atoms with E-state index in [4.69, 9.17) is 4.74 Å². The number of carbonyl (C=O) groups is 1. The number of nitrogens with one attached hydrogen (secondary N) is 2. The Balaban J connectivity index is 0.00000338. The van der Waals surface area contributed by atoms with Crippen LogP contribution in [0, 0.1) is 6.92 Å². The maximum atomic E-state index is 12.2. The highest BCUT2D eigenvalue weighted by Gasteiger charge is 2.16. The maximum absolute atomic E-state index is 12.2. The van der Waals surface area contributed by atoms with Crippen molar-refractivity contribution in [3.05, 3.63) is 35.7 Å². The van der Waals surface area contributed by atoms with Gasteiger partial charge in [-0.05, 0) is 58.0 Å². The number of ether oxygens (including phenoxy) is 1. The van der Waals surface area contributed by atoms with Gasteiger partial charge >= 0.3 is 0 Å². The zero-order valence-corrected chi connectivity index (χ0v) is 16.6. The second-order valence-electron chi connectivity index (χ2n) is 6.10. The van der Waals surface area contributed by atoms with Gasteiger partial charge < -0.3 is 15.4 Å².